The Morgan fingerprint density at radius 3 is 2.30 bits per heavy atom. The van der Waals surface area contributed by atoms with Crippen molar-refractivity contribution in [2.75, 3.05) is 6.61 Å². The highest BCUT2D eigenvalue weighted by Gasteiger charge is 2.20. The number of nitrogens with zero attached hydrogens (tertiary/aromatic N) is 1. The Labute approximate surface area is 193 Å². The van der Waals surface area contributed by atoms with Gasteiger partial charge in [-0.15, -0.1) is 0 Å². The zero-order valence-corrected chi connectivity index (χ0v) is 18.7. The molecule has 8 nitrogen and oxygen atoms in total. The molecular weight excluding hydrogens is 422 g/mol. The summed E-state index contributed by atoms with van der Waals surface area (Å²) in [7, 11) is 0. The Morgan fingerprint density at radius 2 is 1.67 bits per heavy atom. The number of benzene rings is 2. The number of nitrogens with two attached hydrogens (primary N) is 1. The predicted octanol–water partition coefficient (Wildman–Crippen LogP) is 3.24. The third-order valence-corrected chi connectivity index (χ3v) is 5.48. The van der Waals surface area contributed by atoms with Crippen LogP contribution in [-0.2, 0) is 9.53 Å². The van der Waals surface area contributed by atoms with E-state index in [0.717, 1.165) is 31.2 Å². The molecule has 33 heavy (non-hydrogen) atoms. The summed E-state index contributed by atoms with van der Waals surface area (Å²) in [5, 5.41) is 6.13. The molecule has 0 spiro atoms. The first-order valence-electron chi connectivity index (χ1n) is 11.1. The number of Topliss-reactive ketones (excluding diaryl/α,β-unsaturated/α-hetero) is 1. The lowest BCUT2D eigenvalue weighted by molar-refractivity contribution is -0.152. The molecule has 0 heterocycles. The van der Waals surface area contributed by atoms with Gasteiger partial charge in [0.2, 0.25) is 0 Å². The van der Waals surface area contributed by atoms with Crippen LogP contribution in [0.1, 0.15) is 65.3 Å². The molecule has 1 saturated carbocycles. The fraction of sp³-hybridized carbons (Fsp3) is 0.360. The largest absolute Gasteiger partial charge is 0.482 e. The van der Waals surface area contributed by atoms with Gasteiger partial charge in [-0.1, -0.05) is 18.6 Å². The van der Waals surface area contributed by atoms with Crippen molar-refractivity contribution in [2.45, 2.75) is 51.2 Å². The number of ether oxygens (including phenoxy) is 2. The Balaban J connectivity index is 1.48. The van der Waals surface area contributed by atoms with Gasteiger partial charge in [0.15, 0.2) is 12.4 Å². The molecule has 174 valence electrons. The molecule has 1 aliphatic carbocycles. The summed E-state index contributed by atoms with van der Waals surface area (Å²) < 4.78 is 10.9. The summed E-state index contributed by atoms with van der Waals surface area (Å²) in [4.78, 5) is 37.1. The number of amides is 1. The molecule has 1 aliphatic rings. The van der Waals surface area contributed by atoms with Crippen LogP contribution in [-0.4, -0.2) is 42.6 Å². The zero-order valence-electron chi connectivity index (χ0n) is 18.7. The first kappa shape index (κ1) is 24.0. The van der Waals surface area contributed by atoms with E-state index >= 15 is 0 Å². The molecule has 8 heteroatoms. The van der Waals surface area contributed by atoms with Crippen molar-refractivity contribution in [1.82, 2.24) is 5.32 Å². The molecule has 2 aromatic carbocycles. The van der Waals surface area contributed by atoms with E-state index < -0.39 is 6.04 Å². The van der Waals surface area contributed by atoms with Crippen LogP contribution >= 0.6 is 0 Å². The molecule has 0 saturated heterocycles. The van der Waals surface area contributed by atoms with Gasteiger partial charge in [-0.05, 0) is 74.6 Å². The summed E-state index contributed by atoms with van der Waals surface area (Å²) in [6, 6.07) is 12.4. The van der Waals surface area contributed by atoms with Gasteiger partial charge >= 0.3 is 5.97 Å². The summed E-state index contributed by atoms with van der Waals surface area (Å²) in [6.07, 6.45) is 6.64. The van der Waals surface area contributed by atoms with E-state index in [1.54, 1.807) is 55.5 Å². The second-order valence-corrected chi connectivity index (χ2v) is 8.02. The van der Waals surface area contributed by atoms with E-state index in [9.17, 15) is 14.4 Å². The number of hydrogen-bond donors (Lipinski definition) is 2. The highest BCUT2D eigenvalue weighted by Crippen LogP contribution is 2.20. The standard InChI is InChI=1S/C25H29N3O5/c1-17(28-25(31)20-9-7-18(8-10-20)15-27-26)24(30)19-11-13-21(14-12-19)32-16-23(29)33-22-5-3-2-4-6-22/h7-15,17,22H,2-6,16,26H2,1H3,(H,28,31)/t17-/m0/s1. The molecule has 2 aromatic rings. The highest BCUT2D eigenvalue weighted by atomic mass is 16.6. The van der Waals surface area contributed by atoms with Gasteiger partial charge in [0.25, 0.3) is 5.91 Å². The van der Waals surface area contributed by atoms with Crippen molar-refractivity contribution >= 4 is 23.9 Å². The van der Waals surface area contributed by atoms with E-state index in [-0.39, 0.29) is 30.4 Å². The molecule has 0 aliphatic heterocycles. The SMILES string of the molecule is C[C@H](NC(=O)c1ccc(C=NN)cc1)C(=O)c1ccc(OCC(=O)OC2CCCCC2)cc1. The predicted molar refractivity (Wildman–Crippen MR) is 124 cm³/mol. The zero-order chi connectivity index (χ0) is 23.6. The van der Waals surface area contributed by atoms with Crippen LogP contribution in [0.4, 0.5) is 0 Å². The minimum absolute atomic E-state index is 0.00994. The maximum Gasteiger partial charge on any atom is 0.344 e. The van der Waals surface area contributed by atoms with E-state index in [1.807, 2.05) is 0 Å². The fourth-order valence-corrected chi connectivity index (χ4v) is 3.66. The number of ketones is 1. The summed E-state index contributed by atoms with van der Waals surface area (Å²) in [5.74, 6) is 4.59. The number of carbonyl (C=O) groups excluding carboxylic acids is 3. The number of carbonyl (C=O) groups is 3. The fourth-order valence-electron chi connectivity index (χ4n) is 3.66. The van der Waals surface area contributed by atoms with Gasteiger partial charge in [-0.3, -0.25) is 9.59 Å². The van der Waals surface area contributed by atoms with E-state index in [1.165, 1.54) is 12.6 Å². The second-order valence-electron chi connectivity index (χ2n) is 8.02. The Bertz CT molecular complexity index is 980. The van der Waals surface area contributed by atoms with Gasteiger partial charge in [-0.2, -0.15) is 5.10 Å². The number of hydrazone groups is 1. The van der Waals surface area contributed by atoms with Crippen molar-refractivity contribution in [3.8, 4) is 5.75 Å². The molecular formula is C25H29N3O5. The first-order chi connectivity index (χ1) is 16.0. The lowest BCUT2D eigenvalue weighted by Crippen LogP contribution is -2.38. The summed E-state index contributed by atoms with van der Waals surface area (Å²) >= 11 is 0. The van der Waals surface area contributed by atoms with Gasteiger partial charge in [0, 0.05) is 11.1 Å². The van der Waals surface area contributed by atoms with Gasteiger partial charge in [0.05, 0.1) is 12.3 Å². The number of nitrogens with one attached hydrogen (secondary N) is 1. The summed E-state index contributed by atoms with van der Waals surface area (Å²) in [5.41, 5.74) is 1.62. The molecule has 3 N–H and O–H groups in total. The van der Waals surface area contributed by atoms with Crippen molar-refractivity contribution in [2.24, 2.45) is 10.9 Å². The number of esters is 1. The minimum Gasteiger partial charge on any atom is -0.482 e. The Kier molecular flexibility index (Phi) is 8.57. The van der Waals surface area contributed by atoms with Crippen LogP contribution in [0.15, 0.2) is 53.6 Å². The average molecular weight is 452 g/mol. The molecule has 3 rings (SSSR count). The molecule has 0 unspecified atom stereocenters. The van der Waals surface area contributed by atoms with Gasteiger partial charge < -0.3 is 20.6 Å². The van der Waals surface area contributed by atoms with Crippen molar-refractivity contribution in [3.05, 3.63) is 65.2 Å². The normalized spacial score (nSPS) is 15.1. The van der Waals surface area contributed by atoms with Crippen LogP contribution in [0, 0.1) is 0 Å². The quantitative estimate of drug-likeness (QED) is 0.199. The highest BCUT2D eigenvalue weighted by molar-refractivity contribution is 6.04. The third kappa shape index (κ3) is 7.17. The van der Waals surface area contributed by atoms with Crippen LogP contribution in [0.2, 0.25) is 0 Å². The maximum atomic E-state index is 12.7. The van der Waals surface area contributed by atoms with Crippen LogP contribution in [0.5, 0.6) is 5.75 Å². The molecule has 1 atom stereocenters. The molecule has 0 radical (unpaired) electrons. The van der Waals surface area contributed by atoms with Crippen molar-refractivity contribution in [3.63, 3.8) is 0 Å². The number of hydrogen-bond acceptors (Lipinski definition) is 7. The first-order valence-corrected chi connectivity index (χ1v) is 11.1. The van der Waals surface area contributed by atoms with E-state index in [2.05, 4.69) is 10.4 Å². The van der Waals surface area contributed by atoms with E-state index in [4.69, 9.17) is 15.3 Å². The third-order valence-electron chi connectivity index (χ3n) is 5.48. The van der Waals surface area contributed by atoms with Crippen LogP contribution < -0.4 is 15.9 Å². The van der Waals surface area contributed by atoms with Crippen molar-refractivity contribution < 1.29 is 23.9 Å². The van der Waals surface area contributed by atoms with Crippen LogP contribution in [0.3, 0.4) is 0 Å². The summed E-state index contributed by atoms with van der Waals surface area (Å²) in [6.45, 7) is 1.45. The Morgan fingerprint density at radius 1 is 1.03 bits per heavy atom. The molecule has 0 bridgehead atoms. The minimum atomic E-state index is -0.722. The molecule has 0 aromatic heterocycles. The lowest BCUT2D eigenvalue weighted by atomic mass is 9.98. The van der Waals surface area contributed by atoms with Crippen molar-refractivity contribution in [1.29, 1.82) is 0 Å². The molecule has 1 amide bonds. The van der Waals surface area contributed by atoms with E-state index in [0.29, 0.717) is 16.9 Å². The van der Waals surface area contributed by atoms with Crippen LogP contribution in [0.25, 0.3) is 0 Å². The molecule has 1 fully saturated rings. The average Bonchev–Trinajstić information content (AvgIpc) is 2.84. The lowest BCUT2D eigenvalue weighted by Gasteiger charge is -2.21. The monoisotopic (exact) mass is 451 g/mol. The topological polar surface area (TPSA) is 120 Å². The van der Waals surface area contributed by atoms with Gasteiger partial charge in [0.1, 0.15) is 11.9 Å². The smallest absolute Gasteiger partial charge is 0.344 e. The van der Waals surface area contributed by atoms with Gasteiger partial charge in [-0.25, -0.2) is 4.79 Å². The second kappa shape index (κ2) is 11.8. The Hall–Kier alpha value is -3.68. The maximum absolute atomic E-state index is 12.7. The number of rotatable bonds is 9.